The quantitative estimate of drug-likeness (QED) is 0.433. The summed E-state index contributed by atoms with van der Waals surface area (Å²) < 4.78 is 12.9. The van der Waals surface area contributed by atoms with Crippen LogP contribution in [-0.2, 0) is 6.42 Å². The van der Waals surface area contributed by atoms with E-state index in [9.17, 15) is 4.39 Å². The molecule has 1 aromatic heterocycles. The minimum Gasteiger partial charge on any atom is -0.370 e. The van der Waals surface area contributed by atoms with E-state index in [4.69, 9.17) is 5.73 Å². The summed E-state index contributed by atoms with van der Waals surface area (Å²) in [5, 5.41) is 5.30. The Morgan fingerprint density at radius 1 is 1.32 bits per heavy atom. The molecule has 22 heavy (non-hydrogen) atoms. The second kappa shape index (κ2) is 7.92. The Morgan fingerprint density at radius 3 is 2.77 bits per heavy atom. The van der Waals surface area contributed by atoms with Crippen LogP contribution in [0, 0.1) is 5.82 Å². The summed E-state index contributed by atoms with van der Waals surface area (Å²) in [6.45, 7) is 0.702. The van der Waals surface area contributed by atoms with E-state index in [0.717, 1.165) is 18.4 Å². The smallest absolute Gasteiger partial charge is 0.188 e. The van der Waals surface area contributed by atoms with E-state index in [-0.39, 0.29) is 29.8 Å². The van der Waals surface area contributed by atoms with Gasteiger partial charge in [-0.3, -0.25) is 4.99 Å². The Labute approximate surface area is 150 Å². The van der Waals surface area contributed by atoms with Crippen LogP contribution in [0.2, 0.25) is 0 Å². The van der Waals surface area contributed by atoms with Gasteiger partial charge in [-0.15, -0.1) is 35.3 Å². The van der Waals surface area contributed by atoms with Gasteiger partial charge in [0, 0.05) is 29.8 Å². The third kappa shape index (κ3) is 4.67. The Bertz CT molecular complexity index is 613. The van der Waals surface area contributed by atoms with Crippen molar-refractivity contribution >= 4 is 41.3 Å². The summed E-state index contributed by atoms with van der Waals surface area (Å²) >= 11 is 1.74. The maximum absolute atomic E-state index is 12.9. The molecule has 0 amide bonds. The number of hydrogen-bond donors (Lipinski definition) is 2. The summed E-state index contributed by atoms with van der Waals surface area (Å²) in [5.74, 6) is 0.719. The van der Waals surface area contributed by atoms with Gasteiger partial charge in [0.25, 0.3) is 0 Å². The zero-order valence-electron chi connectivity index (χ0n) is 12.0. The molecule has 3 rings (SSSR count). The molecule has 0 aliphatic heterocycles. The zero-order chi connectivity index (χ0) is 14.7. The summed E-state index contributed by atoms with van der Waals surface area (Å²) in [6, 6.07) is 11.2. The molecule has 118 valence electrons. The van der Waals surface area contributed by atoms with Gasteiger partial charge in [-0.25, -0.2) is 4.39 Å². The minimum absolute atomic E-state index is 0. The molecule has 1 fully saturated rings. The van der Waals surface area contributed by atoms with Crippen molar-refractivity contribution in [3.8, 4) is 0 Å². The average molecular weight is 431 g/mol. The van der Waals surface area contributed by atoms with Gasteiger partial charge in [0.2, 0.25) is 0 Å². The molecule has 6 heteroatoms. The highest BCUT2D eigenvalue weighted by Gasteiger charge is 2.38. The topological polar surface area (TPSA) is 50.4 Å². The van der Waals surface area contributed by atoms with E-state index >= 15 is 0 Å². The van der Waals surface area contributed by atoms with Crippen molar-refractivity contribution in [3.05, 3.63) is 58.0 Å². The zero-order valence-corrected chi connectivity index (χ0v) is 15.2. The summed E-state index contributed by atoms with van der Waals surface area (Å²) in [6.07, 6.45) is 1.94. The van der Waals surface area contributed by atoms with Crippen LogP contribution < -0.4 is 11.1 Å². The van der Waals surface area contributed by atoms with Crippen molar-refractivity contribution < 1.29 is 4.39 Å². The van der Waals surface area contributed by atoms with Crippen LogP contribution >= 0.6 is 35.3 Å². The lowest BCUT2D eigenvalue weighted by molar-refractivity contribution is 0.627. The number of aliphatic imine (C=N–C) groups is 1. The maximum Gasteiger partial charge on any atom is 0.188 e. The Morgan fingerprint density at radius 2 is 2.09 bits per heavy atom. The molecule has 0 unspecified atom stereocenters. The number of guanidine groups is 1. The summed E-state index contributed by atoms with van der Waals surface area (Å²) in [7, 11) is 0. The van der Waals surface area contributed by atoms with E-state index < -0.39 is 0 Å². The molecule has 1 heterocycles. The van der Waals surface area contributed by atoms with Gasteiger partial charge >= 0.3 is 0 Å². The van der Waals surface area contributed by atoms with E-state index in [1.807, 2.05) is 18.2 Å². The van der Waals surface area contributed by atoms with Crippen molar-refractivity contribution in [1.82, 2.24) is 5.32 Å². The van der Waals surface area contributed by atoms with Gasteiger partial charge in [0.15, 0.2) is 5.96 Å². The van der Waals surface area contributed by atoms with Gasteiger partial charge in [-0.2, -0.15) is 0 Å². The standard InChI is InChI=1S/C16H18FN3S.HI/c17-12-5-3-11(4-6-12)14-10-15(14)20-16(18)19-8-7-13-2-1-9-21-13;/h1-6,9,14-15H,7-8,10H2,(H3,18,19,20);1H/t14-,15+;/m0./s1. The van der Waals surface area contributed by atoms with Crippen LogP contribution in [0.1, 0.15) is 22.8 Å². The number of rotatable bonds is 5. The molecule has 2 aromatic rings. The molecule has 0 saturated heterocycles. The molecule has 2 atom stereocenters. The molecule has 3 N–H and O–H groups in total. The molecule has 1 aromatic carbocycles. The number of nitrogens with two attached hydrogens (primary N) is 1. The lowest BCUT2D eigenvalue weighted by Gasteiger charge is -2.05. The maximum atomic E-state index is 12.9. The Balaban J connectivity index is 0.00000176. The molecular formula is C16H19FIN3S. The Hall–Kier alpha value is -1.15. The van der Waals surface area contributed by atoms with Crippen LogP contribution in [0.3, 0.4) is 0 Å². The number of thiophene rings is 1. The second-order valence-electron chi connectivity index (χ2n) is 5.24. The normalized spacial score (nSPS) is 20.3. The van der Waals surface area contributed by atoms with Crippen LogP contribution in [0.25, 0.3) is 0 Å². The van der Waals surface area contributed by atoms with Crippen molar-refractivity contribution in [2.24, 2.45) is 10.7 Å². The van der Waals surface area contributed by atoms with Crippen molar-refractivity contribution in [2.45, 2.75) is 24.8 Å². The molecule has 0 bridgehead atoms. The van der Waals surface area contributed by atoms with Gasteiger partial charge in [-0.05, 0) is 35.6 Å². The lowest BCUT2D eigenvalue weighted by atomic mass is 10.1. The lowest BCUT2D eigenvalue weighted by Crippen LogP contribution is -2.34. The number of hydrogen-bond acceptors (Lipinski definition) is 2. The van der Waals surface area contributed by atoms with Crippen LogP contribution in [0.4, 0.5) is 4.39 Å². The van der Waals surface area contributed by atoms with Crippen LogP contribution in [0.15, 0.2) is 46.8 Å². The first-order valence-electron chi connectivity index (χ1n) is 7.06. The number of nitrogens with zero attached hydrogens (tertiary/aromatic N) is 1. The fraction of sp³-hybridized carbons (Fsp3) is 0.312. The molecule has 0 spiro atoms. The molecule has 1 aliphatic rings. The first-order chi connectivity index (χ1) is 10.2. The molecular weight excluding hydrogens is 412 g/mol. The SMILES string of the molecule is I.NC(=NCCc1cccs1)N[C@@H]1C[C@H]1c1ccc(F)cc1. The number of halogens is 2. The van der Waals surface area contributed by atoms with Gasteiger partial charge in [-0.1, -0.05) is 18.2 Å². The van der Waals surface area contributed by atoms with E-state index in [2.05, 4.69) is 21.8 Å². The second-order valence-corrected chi connectivity index (χ2v) is 6.27. The first-order valence-corrected chi connectivity index (χ1v) is 7.94. The van der Waals surface area contributed by atoms with E-state index in [1.54, 1.807) is 11.3 Å². The van der Waals surface area contributed by atoms with E-state index in [1.165, 1.54) is 17.0 Å². The average Bonchev–Trinajstić information content (AvgIpc) is 3.02. The third-order valence-electron chi connectivity index (χ3n) is 3.64. The molecule has 0 radical (unpaired) electrons. The van der Waals surface area contributed by atoms with Crippen molar-refractivity contribution in [3.63, 3.8) is 0 Å². The van der Waals surface area contributed by atoms with Gasteiger partial charge < -0.3 is 11.1 Å². The molecule has 1 saturated carbocycles. The first kappa shape index (κ1) is 17.2. The number of nitrogens with one attached hydrogen (secondary N) is 1. The van der Waals surface area contributed by atoms with Crippen LogP contribution in [-0.4, -0.2) is 18.5 Å². The predicted molar refractivity (Wildman–Crippen MR) is 101 cm³/mol. The fourth-order valence-electron chi connectivity index (χ4n) is 2.41. The highest BCUT2D eigenvalue weighted by Crippen LogP contribution is 2.40. The minimum atomic E-state index is -0.196. The monoisotopic (exact) mass is 431 g/mol. The van der Waals surface area contributed by atoms with Crippen molar-refractivity contribution in [2.75, 3.05) is 6.54 Å². The summed E-state index contributed by atoms with van der Waals surface area (Å²) in [4.78, 5) is 5.67. The molecule has 1 aliphatic carbocycles. The highest BCUT2D eigenvalue weighted by atomic mass is 127. The Kier molecular flexibility index (Phi) is 6.19. The van der Waals surface area contributed by atoms with E-state index in [0.29, 0.717) is 24.5 Å². The van der Waals surface area contributed by atoms with Gasteiger partial charge in [0.1, 0.15) is 5.82 Å². The van der Waals surface area contributed by atoms with Gasteiger partial charge in [0.05, 0.1) is 0 Å². The third-order valence-corrected chi connectivity index (χ3v) is 4.58. The predicted octanol–water partition coefficient (Wildman–Crippen LogP) is 3.51. The highest BCUT2D eigenvalue weighted by molar-refractivity contribution is 14.0. The number of benzene rings is 1. The molecule has 3 nitrogen and oxygen atoms in total. The largest absolute Gasteiger partial charge is 0.370 e. The summed E-state index contributed by atoms with van der Waals surface area (Å²) in [5.41, 5.74) is 7.05. The van der Waals surface area contributed by atoms with Crippen molar-refractivity contribution in [1.29, 1.82) is 0 Å². The fourth-order valence-corrected chi connectivity index (χ4v) is 3.11. The van der Waals surface area contributed by atoms with Crippen LogP contribution in [0.5, 0.6) is 0 Å².